The molecule has 0 amide bonds. The van der Waals surface area contributed by atoms with Crippen LogP contribution in [0, 0.1) is 0 Å². The molecule has 3 aromatic carbocycles. The van der Waals surface area contributed by atoms with Gasteiger partial charge in [-0.05, 0) is 49.1 Å². The van der Waals surface area contributed by atoms with Crippen LogP contribution >= 0.6 is 0 Å². The second-order valence-electron chi connectivity index (χ2n) is 10.2. The number of aliphatic hydroxyl groups excluding tert-OH is 1. The summed E-state index contributed by atoms with van der Waals surface area (Å²) in [5.41, 5.74) is 5.77. The fourth-order valence-electron chi connectivity index (χ4n) is 5.63. The highest BCUT2D eigenvalue weighted by Crippen LogP contribution is 2.39. The van der Waals surface area contributed by atoms with Gasteiger partial charge in [-0.3, -0.25) is 4.68 Å². The zero-order valence-corrected chi connectivity index (χ0v) is 23.7. The molecule has 0 aliphatic rings. The molecule has 0 radical (unpaired) electrons. The van der Waals surface area contributed by atoms with Crippen LogP contribution in [0.3, 0.4) is 0 Å². The van der Waals surface area contributed by atoms with E-state index in [1.165, 1.54) is 0 Å². The highest BCUT2D eigenvalue weighted by molar-refractivity contribution is 6.04. The van der Waals surface area contributed by atoms with Gasteiger partial charge < -0.3 is 19.6 Å². The van der Waals surface area contributed by atoms with E-state index >= 15 is 0 Å². The summed E-state index contributed by atoms with van der Waals surface area (Å²) >= 11 is 0. The number of hydrogen-bond acceptors (Lipinski definition) is 5. The van der Waals surface area contributed by atoms with E-state index in [-0.39, 0.29) is 18.5 Å². The summed E-state index contributed by atoms with van der Waals surface area (Å²) in [6, 6.07) is 20.3. The Morgan fingerprint density at radius 1 is 1.05 bits per heavy atom. The Labute approximate surface area is 234 Å². The topological polar surface area (TPSA) is 89.4 Å². The average molecular weight is 540 g/mol. The van der Waals surface area contributed by atoms with Gasteiger partial charge in [0.2, 0.25) is 0 Å². The number of carbonyl (C=O) groups excluding carboxylic acids is 1. The summed E-state index contributed by atoms with van der Waals surface area (Å²) in [7, 11) is 1.92. The number of fused-ring (bicyclic) bond motifs is 2. The Balaban J connectivity index is 1.51. The monoisotopic (exact) mass is 539 g/mol. The van der Waals surface area contributed by atoms with Crippen LogP contribution < -0.4 is 4.74 Å². The predicted octanol–water partition coefficient (Wildman–Crippen LogP) is 6.92. The Morgan fingerprint density at radius 3 is 2.58 bits per heavy atom. The van der Waals surface area contributed by atoms with E-state index in [2.05, 4.69) is 42.1 Å². The number of aryl methyl sites for hydroxylation is 2. The Hall–Kier alpha value is -4.10. The van der Waals surface area contributed by atoms with Crippen molar-refractivity contribution in [3.63, 3.8) is 0 Å². The number of aromatic nitrogens is 3. The van der Waals surface area contributed by atoms with Crippen LogP contribution in [0.2, 0.25) is 0 Å². The van der Waals surface area contributed by atoms with Crippen LogP contribution in [0.4, 0.5) is 0 Å². The van der Waals surface area contributed by atoms with Crippen LogP contribution in [-0.2, 0) is 24.8 Å². The number of benzene rings is 3. The van der Waals surface area contributed by atoms with Crippen molar-refractivity contribution < 1.29 is 19.4 Å². The third kappa shape index (κ3) is 5.09. The normalized spacial score (nSPS) is 12.2. The number of hydrogen-bond donors (Lipinski definition) is 2. The lowest BCUT2D eigenvalue weighted by Gasteiger charge is -2.14. The van der Waals surface area contributed by atoms with Crippen molar-refractivity contribution in [1.82, 2.24) is 14.8 Å². The molecule has 0 saturated carbocycles. The van der Waals surface area contributed by atoms with Crippen molar-refractivity contribution >= 4 is 27.6 Å². The molecule has 0 spiro atoms. The number of para-hydroxylation sites is 1. The SMILES string of the molecule is CCOC(=O)c1[nH]c2c(-c3c(CO)nn(C)c3C(C)CC)cccc2c1CCCOc1cccc2ccccc12. The first kappa shape index (κ1) is 27.5. The number of aliphatic hydroxyl groups is 1. The second-order valence-corrected chi connectivity index (χ2v) is 10.2. The largest absolute Gasteiger partial charge is 0.493 e. The highest BCUT2D eigenvalue weighted by Gasteiger charge is 2.26. The average Bonchev–Trinajstić information content (AvgIpc) is 3.52. The number of aromatic amines is 1. The number of nitrogens with zero attached hydrogens (tertiary/aromatic N) is 2. The molecule has 7 heteroatoms. The van der Waals surface area contributed by atoms with Crippen molar-refractivity contribution in [2.24, 2.45) is 7.05 Å². The van der Waals surface area contributed by atoms with Gasteiger partial charge >= 0.3 is 5.97 Å². The molecule has 1 unspecified atom stereocenters. The maximum atomic E-state index is 13.1. The summed E-state index contributed by atoms with van der Waals surface area (Å²) in [6.07, 6.45) is 2.30. The van der Waals surface area contributed by atoms with Gasteiger partial charge in [-0.25, -0.2) is 4.79 Å². The van der Waals surface area contributed by atoms with Crippen molar-refractivity contribution in [2.45, 2.75) is 52.6 Å². The van der Waals surface area contributed by atoms with E-state index in [9.17, 15) is 9.90 Å². The van der Waals surface area contributed by atoms with Crippen LogP contribution in [0.5, 0.6) is 5.75 Å². The molecule has 0 aliphatic heterocycles. The quantitative estimate of drug-likeness (QED) is 0.141. The highest BCUT2D eigenvalue weighted by atomic mass is 16.5. The van der Waals surface area contributed by atoms with Gasteiger partial charge in [0, 0.05) is 34.6 Å². The number of esters is 1. The number of ether oxygens (including phenoxy) is 2. The van der Waals surface area contributed by atoms with Crippen molar-refractivity contribution in [1.29, 1.82) is 0 Å². The lowest BCUT2D eigenvalue weighted by atomic mass is 9.93. The maximum absolute atomic E-state index is 13.1. The number of carbonyl (C=O) groups is 1. The van der Waals surface area contributed by atoms with Crippen LogP contribution in [0.1, 0.15) is 67.0 Å². The molecule has 0 saturated heterocycles. The van der Waals surface area contributed by atoms with Gasteiger partial charge in [0.1, 0.15) is 11.4 Å². The fraction of sp³-hybridized carbons (Fsp3) is 0.333. The lowest BCUT2D eigenvalue weighted by Crippen LogP contribution is -2.09. The first-order chi connectivity index (χ1) is 19.5. The summed E-state index contributed by atoms with van der Waals surface area (Å²) in [5, 5.41) is 18.0. The number of nitrogens with one attached hydrogen (secondary N) is 1. The Morgan fingerprint density at radius 2 is 1.80 bits per heavy atom. The zero-order chi connectivity index (χ0) is 28.2. The van der Waals surface area contributed by atoms with Gasteiger partial charge in [0.25, 0.3) is 0 Å². The number of H-pyrrole nitrogens is 1. The third-order valence-corrected chi connectivity index (χ3v) is 7.66. The lowest BCUT2D eigenvalue weighted by molar-refractivity contribution is 0.0519. The predicted molar refractivity (Wildman–Crippen MR) is 159 cm³/mol. The molecule has 7 nitrogen and oxygen atoms in total. The van der Waals surface area contributed by atoms with Crippen LogP contribution in [-0.4, -0.2) is 39.1 Å². The third-order valence-electron chi connectivity index (χ3n) is 7.66. The van der Waals surface area contributed by atoms with E-state index in [1.54, 1.807) is 0 Å². The summed E-state index contributed by atoms with van der Waals surface area (Å²) in [5.74, 6) is 0.731. The molecular formula is C33H37N3O4. The van der Waals surface area contributed by atoms with Crippen molar-refractivity contribution in [2.75, 3.05) is 13.2 Å². The second kappa shape index (κ2) is 12.0. The minimum absolute atomic E-state index is 0.167. The zero-order valence-electron chi connectivity index (χ0n) is 23.7. The first-order valence-electron chi connectivity index (χ1n) is 14.1. The fourth-order valence-corrected chi connectivity index (χ4v) is 5.63. The molecule has 0 aliphatic carbocycles. The number of rotatable bonds is 11. The summed E-state index contributed by atoms with van der Waals surface area (Å²) in [6.45, 7) is 6.76. The van der Waals surface area contributed by atoms with E-state index in [0.29, 0.717) is 31.0 Å². The van der Waals surface area contributed by atoms with Crippen molar-refractivity contribution in [3.8, 4) is 16.9 Å². The molecule has 0 fully saturated rings. The molecular weight excluding hydrogens is 502 g/mol. The standard InChI is InChI=1S/C33H37N3O4/c1-5-21(3)32-29(27(20-37)35-36(32)4)26-16-10-15-24-25(31(34-30(24)26)33(38)39-6-2)17-11-19-40-28-18-9-13-22-12-7-8-14-23(22)28/h7-10,12-16,18,21,34,37H,5-6,11,17,19-20H2,1-4H3. The van der Waals surface area contributed by atoms with Gasteiger partial charge in [-0.15, -0.1) is 0 Å². The molecule has 5 aromatic rings. The molecule has 1 atom stereocenters. The van der Waals surface area contributed by atoms with Crippen LogP contribution in [0.15, 0.2) is 60.7 Å². The van der Waals surface area contributed by atoms with Crippen molar-refractivity contribution in [3.05, 3.63) is 83.3 Å². The van der Waals surface area contributed by atoms with E-state index in [4.69, 9.17) is 9.47 Å². The molecule has 2 heterocycles. The maximum Gasteiger partial charge on any atom is 0.355 e. The van der Waals surface area contributed by atoms with Gasteiger partial charge in [-0.2, -0.15) is 5.10 Å². The molecule has 5 rings (SSSR count). The molecule has 0 bridgehead atoms. The molecule has 40 heavy (non-hydrogen) atoms. The van der Waals surface area contributed by atoms with E-state index in [1.807, 2.05) is 61.1 Å². The van der Waals surface area contributed by atoms with Gasteiger partial charge in [0.05, 0.1) is 31.0 Å². The van der Waals surface area contributed by atoms with E-state index < -0.39 is 0 Å². The Bertz CT molecular complexity index is 1640. The molecule has 2 N–H and O–H groups in total. The minimum atomic E-state index is -0.370. The molecule has 2 aromatic heterocycles. The summed E-state index contributed by atoms with van der Waals surface area (Å²) in [4.78, 5) is 16.5. The smallest absolute Gasteiger partial charge is 0.355 e. The van der Waals surface area contributed by atoms with Gasteiger partial charge in [-0.1, -0.05) is 68.4 Å². The minimum Gasteiger partial charge on any atom is -0.493 e. The summed E-state index contributed by atoms with van der Waals surface area (Å²) < 4.78 is 13.5. The first-order valence-corrected chi connectivity index (χ1v) is 14.1. The van der Waals surface area contributed by atoms with E-state index in [0.717, 1.165) is 62.7 Å². The van der Waals surface area contributed by atoms with Gasteiger partial charge in [0.15, 0.2) is 0 Å². The van der Waals surface area contributed by atoms with Crippen LogP contribution in [0.25, 0.3) is 32.8 Å². The molecule has 208 valence electrons. The Kier molecular flexibility index (Phi) is 8.21.